The number of carbonyl (C=O) groups is 2. The Morgan fingerprint density at radius 2 is 2.19 bits per heavy atom. The standard InChI is InChI=1S/C16H21NO3S/c1-11-4-2-5-12(8-11)9-21-10-15(18)17-14-7-3-6-13(14)16(19)20/h2,4-5,8,13-14H,3,6-7,9-10H2,1H3,(H,17,18)(H,19,20)/t13-,14+/m0/s1. The molecule has 1 aliphatic carbocycles. The summed E-state index contributed by atoms with van der Waals surface area (Å²) in [6, 6.07) is 8.03. The van der Waals surface area contributed by atoms with E-state index >= 15 is 0 Å². The smallest absolute Gasteiger partial charge is 0.308 e. The van der Waals surface area contributed by atoms with Gasteiger partial charge in [0.25, 0.3) is 0 Å². The predicted molar refractivity (Wildman–Crippen MR) is 84.2 cm³/mol. The Kier molecular flexibility index (Phi) is 5.67. The number of carboxylic acids is 1. The van der Waals surface area contributed by atoms with E-state index in [1.807, 2.05) is 19.1 Å². The number of carbonyl (C=O) groups excluding carboxylic acids is 1. The molecule has 1 aliphatic rings. The summed E-state index contributed by atoms with van der Waals surface area (Å²) >= 11 is 1.56. The topological polar surface area (TPSA) is 66.4 Å². The normalized spacial score (nSPS) is 21.2. The van der Waals surface area contributed by atoms with Crippen LogP contribution in [0.3, 0.4) is 0 Å². The minimum absolute atomic E-state index is 0.0641. The van der Waals surface area contributed by atoms with Gasteiger partial charge in [0.15, 0.2) is 0 Å². The fourth-order valence-corrected chi connectivity index (χ4v) is 3.53. The maximum absolute atomic E-state index is 11.9. The Bertz CT molecular complexity index is 518. The molecule has 4 nitrogen and oxygen atoms in total. The number of rotatable bonds is 6. The van der Waals surface area contributed by atoms with E-state index in [1.54, 1.807) is 11.8 Å². The molecule has 5 heteroatoms. The van der Waals surface area contributed by atoms with Gasteiger partial charge in [-0.25, -0.2) is 0 Å². The van der Waals surface area contributed by atoms with Crippen LogP contribution < -0.4 is 5.32 Å². The van der Waals surface area contributed by atoms with Crippen molar-refractivity contribution in [3.8, 4) is 0 Å². The molecule has 0 radical (unpaired) electrons. The van der Waals surface area contributed by atoms with Crippen molar-refractivity contribution in [1.82, 2.24) is 5.32 Å². The van der Waals surface area contributed by atoms with Crippen molar-refractivity contribution in [1.29, 1.82) is 0 Å². The average molecular weight is 307 g/mol. The molecule has 0 spiro atoms. The van der Waals surface area contributed by atoms with Gasteiger partial charge in [0, 0.05) is 11.8 Å². The Morgan fingerprint density at radius 3 is 2.90 bits per heavy atom. The van der Waals surface area contributed by atoms with Gasteiger partial charge < -0.3 is 10.4 Å². The molecule has 0 aromatic heterocycles. The Labute approximate surface area is 129 Å². The molecule has 1 amide bonds. The van der Waals surface area contributed by atoms with Crippen LogP contribution in [0.2, 0.25) is 0 Å². The molecular weight excluding hydrogens is 286 g/mol. The quantitative estimate of drug-likeness (QED) is 0.848. The lowest BCUT2D eigenvalue weighted by Crippen LogP contribution is -2.41. The zero-order chi connectivity index (χ0) is 15.2. The van der Waals surface area contributed by atoms with Gasteiger partial charge in [0.1, 0.15) is 0 Å². The first-order chi connectivity index (χ1) is 10.1. The molecule has 114 valence electrons. The lowest BCUT2D eigenvalue weighted by Gasteiger charge is -2.17. The summed E-state index contributed by atoms with van der Waals surface area (Å²) in [5.74, 6) is -0.120. The number of aliphatic carboxylic acids is 1. The van der Waals surface area contributed by atoms with E-state index in [9.17, 15) is 9.59 Å². The van der Waals surface area contributed by atoms with E-state index in [-0.39, 0.29) is 11.9 Å². The highest BCUT2D eigenvalue weighted by Crippen LogP contribution is 2.26. The van der Waals surface area contributed by atoms with Crippen LogP contribution in [-0.2, 0) is 15.3 Å². The fraction of sp³-hybridized carbons (Fsp3) is 0.500. The highest BCUT2D eigenvalue weighted by molar-refractivity contribution is 7.99. The van der Waals surface area contributed by atoms with E-state index < -0.39 is 11.9 Å². The molecule has 2 rings (SSSR count). The minimum Gasteiger partial charge on any atom is -0.481 e. The number of benzene rings is 1. The van der Waals surface area contributed by atoms with Crippen LogP contribution in [0.1, 0.15) is 30.4 Å². The highest BCUT2D eigenvalue weighted by Gasteiger charge is 2.33. The van der Waals surface area contributed by atoms with Crippen molar-refractivity contribution in [2.45, 2.75) is 38.0 Å². The summed E-state index contributed by atoms with van der Waals surface area (Å²) < 4.78 is 0. The Hall–Kier alpha value is -1.49. The molecule has 1 aromatic carbocycles. The van der Waals surface area contributed by atoms with Crippen LogP contribution in [0, 0.1) is 12.8 Å². The van der Waals surface area contributed by atoms with Crippen molar-refractivity contribution in [3.05, 3.63) is 35.4 Å². The van der Waals surface area contributed by atoms with Gasteiger partial charge in [0.2, 0.25) is 5.91 Å². The van der Waals surface area contributed by atoms with Crippen LogP contribution in [0.4, 0.5) is 0 Å². The maximum atomic E-state index is 11.9. The van der Waals surface area contributed by atoms with Crippen molar-refractivity contribution in [3.63, 3.8) is 0 Å². The Morgan fingerprint density at radius 1 is 1.38 bits per heavy atom. The summed E-state index contributed by atoms with van der Waals surface area (Å²) in [6.07, 6.45) is 2.31. The number of carboxylic acid groups (broad SMARTS) is 1. The molecule has 21 heavy (non-hydrogen) atoms. The molecule has 0 aliphatic heterocycles. The molecule has 0 unspecified atom stereocenters. The molecule has 2 atom stereocenters. The van der Waals surface area contributed by atoms with Crippen molar-refractivity contribution >= 4 is 23.6 Å². The summed E-state index contributed by atoms with van der Waals surface area (Å²) in [7, 11) is 0. The van der Waals surface area contributed by atoms with Crippen molar-refractivity contribution in [2.75, 3.05) is 5.75 Å². The Balaban J connectivity index is 1.74. The first-order valence-corrected chi connectivity index (χ1v) is 8.37. The predicted octanol–water partition coefficient (Wildman–Crippen LogP) is 2.60. The number of nitrogens with one attached hydrogen (secondary N) is 1. The first-order valence-electron chi connectivity index (χ1n) is 7.21. The highest BCUT2D eigenvalue weighted by atomic mass is 32.2. The zero-order valence-electron chi connectivity index (χ0n) is 12.2. The van der Waals surface area contributed by atoms with Crippen LogP contribution >= 0.6 is 11.8 Å². The summed E-state index contributed by atoms with van der Waals surface area (Å²) in [4.78, 5) is 23.0. The lowest BCUT2D eigenvalue weighted by atomic mass is 10.0. The number of amides is 1. The first kappa shape index (κ1) is 15.9. The lowest BCUT2D eigenvalue weighted by molar-refractivity contribution is -0.142. The van der Waals surface area contributed by atoms with E-state index in [0.717, 1.165) is 18.6 Å². The van der Waals surface area contributed by atoms with E-state index in [4.69, 9.17) is 5.11 Å². The third-order valence-electron chi connectivity index (χ3n) is 3.76. The molecule has 1 fully saturated rings. The van der Waals surface area contributed by atoms with E-state index in [2.05, 4.69) is 17.4 Å². The summed E-state index contributed by atoms with van der Waals surface area (Å²) in [5, 5.41) is 12.0. The number of aryl methyl sites for hydroxylation is 1. The third-order valence-corrected chi connectivity index (χ3v) is 4.77. The SMILES string of the molecule is Cc1cccc(CSCC(=O)N[C@@H]2CCC[C@@H]2C(=O)O)c1. The summed E-state index contributed by atoms with van der Waals surface area (Å²) in [5.41, 5.74) is 2.42. The molecule has 0 bridgehead atoms. The molecule has 0 saturated heterocycles. The molecule has 1 saturated carbocycles. The largest absolute Gasteiger partial charge is 0.481 e. The maximum Gasteiger partial charge on any atom is 0.308 e. The van der Waals surface area contributed by atoms with Gasteiger partial charge >= 0.3 is 5.97 Å². The average Bonchev–Trinajstić information content (AvgIpc) is 2.87. The van der Waals surface area contributed by atoms with E-state index in [0.29, 0.717) is 12.2 Å². The van der Waals surface area contributed by atoms with Gasteiger partial charge in [0.05, 0.1) is 11.7 Å². The number of hydrogen-bond acceptors (Lipinski definition) is 3. The monoisotopic (exact) mass is 307 g/mol. The van der Waals surface area contributed by atoms with Gasteiger partial charge in [-0.1, -0.05) is 36.2 Å². The van der Waals surface area contributed by atoms with Crippen LogP contribution in [0.5, 0.6) is 0 Å². The molecule has 0 heterocycles. The van der Waals surface area contributed by atoms with Crippen LogP contribution in [0.15, 0.2) is 24.3 Å². The second-order valence-electron chi connectivity index (χ2n) is 5.53. The number of hydrogen-bond donors (Lipinski definition) is 2. The van der Waals surface area contributed by atoms with Crippen molar-refractivity contribution < 1.29 is 14.7 Å². The van der Waals surface area contributed by atoms with Crippen LogP contribution in [0.25, 0.3) is 0 Å². The zero-order valence-corrected chi connectivity index (χ0v) is 13.0. The van der Waals surface area contributed by atoms with Gasteiger partial charge in [-0.2, -0.15) is 0 Å². The second-order valence-corrected chi connectivity index (χ2v) is 6.52. The summed E-state index contributed by atoms with van der Waals surface area (Å²) in [6.45, 7) is 2.05. The molecule has 1 aromatic rings. The second kappa shape index (κ2) is 7.50. The molecule has 2 N–H and O–H groups in total. The van der Waals surface area contributed by atoms with Crippen LogP contribution in [-0.4, -0.2) is 28.8 Å². The van der Waals surface area contributed by atoms with Crippen molar-refractivity contribution in [2.24, 2.45) is 5.92 Å². The third kappa shape index (κ3) is 4.77. The van der Waals surface area contributed by atoms with Gasteiger partial charge in [-0.3, -0.25) is 9.59 Å². The minimum atomic E-state index is -0.801. The van der Waals surface area contributed by atoms with E-state index in [1.165, 1.54) is 11.1 Å². The fourth-order valence-electron chi connectivity index (χ4n) is 2.74. The van der Waals surface area contributed by atoms with Gasteiger partial charge in [-0.05, 0) is 25.3 Å². The molecular formula is C16H21NO3S. The number of thioether (sulfide) groups is 1. The van der Waals surface area contributed by atoms with Gasteiger partial charge in [-0.15, -0.1) is 11.8 Å².